The number of benzene rings is 3. The van der Waals surface area contributed by atoms with Crippen LogP contribution in [0.5, 0.6) is 0 Å². The third kappa shape index (κ3) is 5.37. The fourth-order valence-corrected chi connectivity index (χ4v) is 4.28. The summed E-state index contributed by atoms with van der Waals surface area (Å²) in [6.45, 7) is 0. The minimum absolute atomic E-state index is 0.0338. The molecule has 1 amide bonds. The predicted octanol–water partition coefficient (Wildman–Crippen LogP) is 5.49. The quantitative estimate of drug-likeness (QED) is 0.282. The van der Waals surface area contributed by atoms with Crippen LogP contribution in [0.15, 0.2) is 76.7 Å². The molecule has 0 aliphatic carbocycles. The van der Waals surface area contributed by atoms with Gasteiger partial charge in [-0.15, -0.1) is 0 Å². The number of carbonyl (C=O) groups excluding carboxylic acids is 1. The Labute approximate surface area is 203 Å². The number of halogens is 2. The first-order chi connectivity index (χ1) is 15.9. The number of rotatable bonds is 6. The third-order valence-electron chi connectivity index (χ3n) is 4.74. The lowest BCUT2D eigenvalue weighted by atomic mass is 10.1. The highest BCUT2D eigenvalue weighted by molar-refractivity contribution is 7.99. The lowest BCUT2D eigenvalue weighted by molar-refractivity contribution is -0.113. The number of hydrogen-bond acceptors (Lipinski definition) is 5. The summed E-state index contributed by atoms with van der Waals surface area (Å²) in [5.74, 6) is -0.220. The maximum atomic E-state index is 13.3. The van der Waals surface area contributed by atoms with E-state index in [1.165, 1.54) is 4.57 Å². The number of aromatic nitrogens is 2. The topological polar surface area (TPSA) is 87.8 Å². The minimum atomic E-state index is -0.269. The van der Waals surface area contributed by atoms with E-state index in [1.54, 1.807) is 66.7 Å². The van der Waals surface area contributed by atoms with Gasteiger partial charge in [0.1, 0.15) is 0 Å². The third-order valence-corrected chi connectivity index (χ3v) is 6.16. The van der Waals surface area contributed by atoms with Gasteiger partial charge in [0.05, 0.1) is 34.8 Å². The normalized spacial score (nSPS) is 10.7. The molecule has 0 aliphatic rings. The number of nitriles is 1. The van der Waals surface area contributed by atoms with Crippen molar-refractivity contribution in [2.24, 2.45) is 0 Å². The lowest BCUT2D eigenvalue weighted by Gasteiger charge is -2.13. The van der Waals surface area contributed by atoms with Crippen LogP contribution in [0.4, 0.5) is 5.69 Å². The smallest absolute Gasteiger partial charge is 0.266 e. The van der Waals surface area contributed by atoms with Gasteiger partial charge in [0.15, 0.2) is 5.16 Å². The Balaban J connectivity index is 1.62. The molecule has 1 heterocycles. The monoisotopic (exact) mass is 494 g/mol. The van der Waals surface area contributed by atoms with Crippen molar-refractivity contribution in [1.82, 2.24) is 9.55 Å². The number of nitrogens with one attached hydrogen (secondary N) is 1. The molecule has 0 aliphatic heterocycles. The van der Waals surface area contributed by atoms with E-state index in [-0.39, 0.29) is 17.2 Å². The van der Waals surface area contributed by atoms with Gasteiger partial charge in [-0.05, 0) is 60.2 Å². The van der Waals surface area contributed by atoms with E-state index in [9.17, 15) is 9.59 Å². The van der Waals surface area contributed by atoms with Gasteiger partial charge in [-0.25, -0.2) is 4.98 Å². The van der Waals surface area contributed by atoms with Gasteiger partial charge < -0.3 is 5.32 Å². The molecule has 33 heavy (non-hydrogen) atoms. The van der Waals surface area contributed by atoms with Crippen molar-refractivity contribution in [3.8, 4) is 11.8 Å². The summed E-state index contributed by atoms with van der Waals surface area (Å²) in [6, 6.07) is 20.9. The lowest BCUT2D eigenvalue weighted by Crippen LogP contribution is -2.23. The molecule has 4 rings (SSSR count). The first-order valence-electron chi connectivity index (χ1n) is 9.81. The predicted molar refractivity (Wildman–Crippen MR) is 132 cm³/mol. The molecule has 0 saturated carbocycles. The molecule has 4 aromatic rings. The Bertz CT molecular complexity index is 1430. The summed E-state index contributed by atoms with van der Waals surface area (Å²) in [6.07, 6.45) is 0.309. The molecule has 9 heteroatoms. The second kappa shape index (κ2) is 10.1. The standard InChI is InChI=1S/C24H16Cl2N4O2S/c25-16-3-8-19(9-4-16)30-23(32)20-10-5-17(26)13-21(20)29-24(30)33-14-22(31)28-18-6-1-15(2-7-18)11-12-27/h1-10,13H,11,14H2,(H,28,31). The van der Waals surface area contributed by atoms with E-state index in [0.29, 0.717) is 43.9 Å². The molecular weight excluding hydrogens is 479 g/mol. The Morgan fingerprint density at radius 1 is 1.03 bits per heavy atom. The van der Waals surface area contributed by atoms with E-state index in [0.717, 1.165) is 17.3 Å². The molecule has 0 unspecified atom stereocenters. The average molecular weight is 495 g/mol. The van der Waals surface area contributed by atoms with Crippen molar-refractivity contribution >= 4 is 57.5 Å². The maximum absolute atomic E-state index is 13.3. The van der Waals surface area contributed by atoms with Crippen LogP contribution in [-0.4, -0.2) is 21.2 Å². The van der Waals surface area contributed by atoms with Crippen molar-refractivity contribution in [2.45, 2.75) is 11.6 Å². The fraction of sp³-hybridized carbons (Fsp3) is 0.0833. The van der Waals surface area contributed by atoms with Gasteiger partial charge in [-0.1, -0.05) is 47.1 Å². The number of anilines is 1. The fourth-order valence-electron chi connectivity index (χ4n) is 3.18. The van der Waals surface area contributed by atoms with Gasteiger partial charge in [0.2, 0.25) is 5.91 Å². The van der Waals surface area contributed by atoms with Gasteiger partial charge in [-0.2, -0.15) is 5.26 Å². The van der Waals surface area contributed by atoms with Crippen molar-refractivity contribution in [2.75, 3.05) is 11.1 Å². The largest absolute Gasteiger partial charge is 0.325 e. The van der Waals surface area contributed by atoms with Crippen LogP contribution in [0.25, 0.3) is 16.6 Å². The zero-order chi connectivity index (χ0) is 23.4. The van der Waals surface area contributed by atoms with Crippen LogP contribution in [0.2, 0.25) is 10.0 Å². The number of amides is 1. The molecular formula is C24H16Cl2N4O2S. The van der Waals surface area contributed by atoms with E-state index >= 15 is 0 Å². The van der Waals surface area contributed by atoms with Crippen molar-refractivity contribution in [3.63, 3.8) is 0 Å². The second-order valence-corrected chi connectivity index (χ2v) is 8.86. The molecule has 0 radical (unpaired) electrons. The van der Waals surface area contributed by atoms with Crippen molar-refractivity contribution in [1.29, 1.82) is 5.26 Å². The van der Waals surface area contributed by atoms with Crippen molar-refractivity contribution < 1.29 is 4.79 Å². The molecule has 0 fully saturated rings. The highest BCUT2D eigenvalue weighted by atomic mass is 35.5. The van der Waals surface area contributed by atoms with Crippen LogP contribution in [0, 0.1) is 11.3 Å². The van der Waals surface area contributed by atoms with E-state index in [4.69, 9.17) is 28.5 Å². The van der Waals surface area contributed by atoms with Gasteiger partial charge >= 0.3 is 0 Å². The average Bonchev–Trinajstić information content (AvgIpc) is 2.80. The zero-order valence-electron chi connectivity index (χ0n) is 17.1. The number of hydrogen-bond donors (Lipinski definition) is 1. The first-order valence-corrected chi connectivity index (χ1v) is 11.6. The Morgan fingerprint density at radius 3 is 2.42 bits per heavy atom. The van der Waals surface area contributed by atoms with Crippen LogP contribution in [0.3, 0.4) is 0 Å². The van der Waals surface area contributed by atoms with E-state index < -0.39 is 0 Å². The molecule has 0 saturated heterocycles. The maximum Gasteiger partial charge on any atom is 0.266 e. The molecule has 0 atom stereocenters. The van der Waals surface area contributed by atoms with Crippen LogP contribution in [0.1, 0.15) is 5.56 Å². The van der Waals surface area contributed by atoms with Crippen LogP contribution < -0.4 is 10.9 Å². The summed E-state index contributed by atoms with van der Waals surface area (Å²) in [4.78, 5) is 30.4. The van der Waals surface area contributed by atoms with Gasteiger partial charge in [0, 0.05) is 15.7 Å². The Kier molecular flexibility index (Phi) is 6.99. The molecule has 6 nitrogen and oxygen atoms in total. The highest BCUT2D eigenvalue weighted by Crippen LogP contribution is 2.24. The Morgan fingerprint density at radius 2 is 1.73 bits per heavy atom. The number of thioether (sulfide) groups is 1. The summed E-state index contributed by atoms with van der Waals surface area (Å²) < 4.78 is 1.46. The minimum Gasteiger partial charge on any atom is -0.325 e. The SMILES string of the molecule is N#CCc1ccc(NC(=O)CSc2nc3cc(Cl)ccc3c(=O)n2-c2ccc(Cl)cc2)cc1. The molecule has 164 valence electrons. The van der Waals surface area contributed by atoms with E-state index in [2.05, 4.69) is 16.4 Å². The first kappa shape index (κ1) is 22.9. The van der Waals surface area contributed by atoms with Crippen LogP contribution in [-0.2, 0) is 11.2 Å². The molecule has 0 spiro atoms. The van der Waals surface area contributed by atoms with Gasteiger partial charge in [-0.3, -0.25) is 14.2 Å². The summed E-state index contributed by atoms with van der Waals surface area (Å²) in [5.41, 5.74) is 2.26. The van der Waals surface area contributed by atoms with Crippen molar-refractivity contribution in [3.05, 3.63) is 92.7 Å². The molecule has 0 bridgehead atoms. The summed E-state index contributed by atoms with van der Waals surface area (Å²) in [5, 5.41) is 13.4. The summed E-state index contributed by atoms with van der Waals surface area (Å²) in [7, 11) is 0. The number of carbonyl (C=O) groups is 1. The van der Waals surface area contributed by atoms with Crippen LogP contribution >= 0.6 is 35.0 Å². The number of nitrogens with zero attached hydrogens (tertiary/aromatic N) is 3. The Hall–Kier alpha value is -3.31. The molecule has 3 aromatic carbocycles. The summed E-state index contributed by atoms with van der Waals surface area (Å²) >= 11 is 13.2. The zero-order valence-corrected chi connectivity index (χ0v) is 19.4. The van der Waals surface area contributed by atoms with Gasteiger partial charge in [0.25, 0.3) is 5.56 Å². The van der Waals surface area contributed by atoms with E-state index in [1.807, 2.05) is 0 Å². The molecule has 1 N–H and O–H groups in total. The highest BCUT2D eigenvalue weighted by Gasteiger charge is 2.15. The number of fused-ring (bicyclic) bond motifs is 1. The second-order valence-electron chi connectivity index (χ2n) is 7.04. The molecule has 1 aromatic heterocycles.